The Morgan fingerprint density at radius 1 is 1.11 bits per heavy atom. The minimum Gasteiger partial charge on any atom is -0.315 e. The molecule has 0 amide bonds. The lowest BCUT2D eigenvalue weighted by atomic mass is 10.1. The van der Waals surface area contributed by atoms with Crippen LogP contribution in [-0.4, -0.2) is 9.55 Å². The summed E-state index contributed by atoms with van der Waals surface area (Å²) in [6, 6.07) is 12.7. The second-order valence-electron chi connectivity index (χ2n) is 4.98. The summed E-state index contributed by atoms with van der Waals surface area (Å²) in [7, 11) is 0. The summed E-state index contributed by atoms with van der Waals surface area (Å²) < 4.78 is 3.27. The van der Waals surface area contributed by atoms with Gasteiger partial charge in [0.2, 0.25) is 0 Å². The van der Waals surface area contributed by atoms with Crippen molar-refractivity contribution in [3.05, 3.63) is 59.0 Å². The summed E-state index contributed by atoms with van der Waals surface area (Å²) in [5.74, 6) is 0.464. The van der Waals surface area contributed by atoms with Crippen molar-refractivity contribution in [3.63, 3.8) is 0 Å². The van der Waals surface area contributed by atoms with E-state index in [2.05, 4.69) is 81.9 Å². The summed E-state index contributed by atoms with van der Waals surface area (Å²) in [4.78, 5) is 4.53. The summed E-state index contributed by atoms with van der Waals surface area (Å²) in [6.45, 7) is 4.31. The van der Waals surface area contributed by atoms with Crippen LogP contribution in [0.25, 0.3) is 16.6 Å². The molecular formula is C16H15BrN2. The predicted octanol–water partition coefficient (Wildman–Crippen LogP) is 4.91. The van der Waals surface area contributed by atoms with Gasteiger partial charge in [0.05, 0.1) is 17.4 Å². The van der Waals surface area contributed by atoms with E-state index in [0.717, 1.165) is 15.9 Å². The largest absolute Gasteiger partial charge is 0.315 e. The van der Waals surface area contributed by atoms with Crippen LogP contribution in [0.5, 0.6) is 0 Å². The summed E-state index contributed by atoms with van der Waals surface area (Å²) in [5.41, 5.74) is 3.42. The number of aromatic nitrogens is 2. The van der Waals surface area contributed by atoms with Gasteiger partial charge in [-0.2, -0.15) is 0 Å². The summed E-state index contributed by atoms with van der Waals surface area (Å²) in [6.07, 6.45) is 4.03. The Balaban J connectivity index is 2.09. The van der Waals surface area contributed by atoms with Crippen LogP contribution < -0.4 is 0 Å². The number of pyridine rings is 1. The van der Waals surface area contributed by atoms with Crippen molar-refractivity contribution in [1.29, 1.82) is 0 Å². The van der Waals surface area contributed by atoms with Crippen LogP contribution in [0.4, 0.5) is 0 Å². The first-order chi connectivity index (χ1) is 9.15. The Morgan fingerprint density at radius 2 is 1.95 bits per heavy atom. The first-order valence-corrected chi connectivity index (χ1v) is 7.17. The SMILES string of the molecule is CC(C)c1ccc(-n2ccc3cc(Br)ccc32)cn1. The lowest BCUT2D eigenvalue weighted by Crippen LogP contribution is -1.96. The number of hydrogen-bond donors (Lipinski definition) is 0. The van der Waals surface area contributed by atoms with Crippen LogP contribution in [-0.2, 0) is 0 Å². The number of rotatable bonds is 2. The van der Waals surface area contributed by atoms with E-state index in [4.69, 9.17) is 0 Å². The maximum Gasteiger partial charge on any atom is 0.0639 e. The molecule has 0 aliphatic heterocycles. The maximum atomic E-state index is 4.53. The van der Waals surface area contributed by atoms with Crippen molar-refractivity contribution in [2.75, 3.05) is 0 Å². The molecule has 0 aliphatic rings. The summed E-state index contributed by atoms with van der Waals surface area (Å²) in [5, 5.41) is 1.22. The Morgan fingerprint density at radius 3 is 2.63 bits per heavy atom. The fourth-order valence-corrected chi connectivity index (χ4v) is 2.60. The van der Waals surface area contributed by atoms with Crippen LogP contribution in [0.15, 0.2) is 53.3 Å². The Kier molecular flexibility index (Phi) is 3.15. The fourth-order valence-electron chi connectivity index (χ4n) is 2.22. The van der Waals surface area contributed by atoms with Crippen molar-refractivity contribution in [1.82, 2.24) is 9.55 Å². The number of benzene rings is 1. The topological polar surface area (TPSA) is 17.8 Å². The Bertz CT molecular complexity index is 711. The molecule has 0 saturated carbocycles. The van der Waals surface area contributed by atoms with E-state index in [-0.39, 0.29) is 0 Å². The molecule has 3 heteroatoms. The van der Waals surface area contributed by atoms with Gasteiger partial charge in [-0.05, 0) is 42.3 Å². The highest BCUT2D eigenvalue weighted by Crippen LogP contribution is 2.24. The zero-order valence-electron chi connectivity index (χ0n) is 11.0. The third-order valence-corrected chi connectivity index (χ3v) is 3.79. The van der Waals surface area contributed by atoms with Crippen LogP contribution >= 0.6 is 15.9 Å². The van der Waals surface area contributed by atoms with Gasteiger partial charge in [-0.15, -0.1) is 0 Å². The zero-order chi connectivity index (χ0) is 13.4. The monoisotopic (exact) mass is 314 g/mol. The molecule has 96 valence electrons. The van der Waals surface area contributed by atoms with Crippen molar-refractivity contribution >= 4 is 26.8 Å². The highest BCUT2D eigenvalue weighted by Gasteiger charge is 2.05. The lowest BCUT2D eigenvalue weighted by molar-refractivity contribution is 0.820. The molecule has 2 heterocycles. The third-order valence-electron chi connectivity index (χ3n) is 3.29. The van der Waals surface area contributed by atoms with Gasteiger partial charge in [0.25, 0.3) is 0 Å². The van der Waals surface area contributed by atoms with Gasteiger partial charge in [0.1, 0.15) is 0 Å². The molecule has 2 nitrogen and oxygen atoms in total. The van der Waals surface area contributed by atoms with E-state index in [1.807, 2.05) is 6.20 Å². The van der Waals surface area contributed by atoms with E-state index in [0.29, 0.717) is 5.92 Å². The molecule has 0 N–H and O–H groups in total. The number of nitrogens with zero attached hydrogens (tertiary/aromatic N) is 2. The van der Waals surface area contributed by atoms with E-state index >= 15 is 0 Å². The van der Waals surface area contributed by atoms with E-state index < -0.39 is 0 Å². The Hall–Kier alpha value is -1.61. The molecular weight excluding hydrogens is 300 g/mol. The van der Waals surface area contributed by atoms with Crippen molar-refractivity contribution in [2.24, 2.45) is 0 Å². The highest BCUT2D eigenvalue weighted by molar-refractivity contribution is 9.10. The van der Waals surface area contributed by atoms with Gasteiger partial charge in [-0.25, -0.2) is 0 Å². The van der Waals surface area contributed by atoms with Crippen LogP contribution in [0.1, 0.15) is 25.5 Å². The van der Waals surface area contributed by atoms with Crippen molar-refractivity contribution in [2.45, 2.75) is 19.8 Å². The van der Waals surface area contributed by atoms with Crippen LogP contribution in [0.2, 0.25) is 0 Å². The molecule has 1 aromatic carbocycles. The summed E-state index contributed by atoms with van der Waals surface area (Å²) >= 11 is 3.50. The van der Waals surface area contributed by atoms with E-state index in [1.54, 1.807) is 0 Å². The average molecular weight is 315 g/mol. The first kappa shape index (κ1) is 12.4. The third kappa shape index (κ3) is 2.30. The molecule has 2 aromatic heterocycles. The molecule has 0 atom stereocenters. The number of halogens is 1. The van der Waals surface area contributed by atoms with Gasteiger partial charge in [-0.3, -0.25) is 4.98 Å². The smallest absolute Gasteiger partial charge is 0.0639 e. The van der Waals surface area contributed by atoms with Gasteiger partial charge in [0, 0.05) is 21.7 Å². The second-order valence-corrected chi connectivity index (χ2v) is 5.90. The molecule has 3 aromatic rings. The van der Waals surface area contributed by atoms with Gasteiger partial charge < -0.3 is 4.57 Å². The zero-order valence-corrected chi connectivity index (χ0v) is 12.6. The molecule has 0 fully saturated rings. The van der Waals surface area contributed by atoms with Gasteiger partial charge >= 0.3 is 0 Å². The van der Waals surface area contributed by atoms with Crippen LogP contribution in [0.3, 0.4) is 0 Å². The maximum absolute atomic E-state index is 4.53. The minimum absolute atomic E-state index is 0.464. The lowest BCUT2D eigenvalue weighted by Gasteiger charge is -2.08. The van der Waals surface area contributed by atoms with Crippen LogP contribution in [0, 0.1) is 0 Å². The van der Waals surface area contributed by atoms with Gasteiger partial charge in [-0.1, -0.05) is 29.8 Å². The first-order valence-electron chi connectivity index (χ1n) is 6.38. The molecule has 0 spiro atoms. The molecule has 0 bridgehead atoms. The highest BCUT2D eigenvalue weighted by atomic mass is 79.9. The molecule has 0 saturated heterocycles. The second kappa shape index (κ2) is 4.82. The standard InChI is InChI=1S/C16H15BrN2/c1-11(2)15-5-4-14(10-18-15)19-8-7-12-9-13(17)3-6-16(12)19/h3-11H,1-2H3. The predicted molar refractivity (Wildman–Crippen MR) is 82.9 cm³/mol. The molecule has 3 rings (SSSR count). The van der Waals surface area contributed by atoms with Gasteiger partial charge in [0.15, 0.2) is 0 Å². The normalized spacial score (nSPS) is 11.4. The molecule has 19 heavy (non-hydrogen) atoms. The fraction of sp³-hybridized carbons (Fsp3) is 0.188. The average Bonchev–Trinajstić information content (AvgIpc) is 2.81. The molecule has 0 unspecified atom stereocenters. The Labute approximate surface area is 121 Å². The molecule has 0 aliphatic carbocycles. The quantitative estimate of drug-likeness (QED) is 0.657. The van der Waals surface area contributed by atoms with Crippen molar-refractivity contribution in [3.8, 4) is 5.69 Å². The van der Waals surface area contributed by atoms with E-state index in [1.165, 1.54) is 10.9 Å². The van der Waals surface area contributed by atoms with E-state index in [9.17, 15) is 0 Å². The minimum atomic E-state index is 0.464. The molecule has 0 radical (unpaired) electrons. The number of hydrogen-bond acceptors (Lipinski definition) is 1. The van der Waals surface area contributed by atoms with Crippen molar-refractivity contribution < 1.29 is 0 Å². The number of fused-ring (bicyclic) bond motifs is 1.